The lowest BCUT2D eigenvalue weighted by Gasteiger charge is -2.11. The van der Waals surface area contributed by atoms with Crippen LogP contribution in [-0.2, 0) is 21.0 Å². The molecule has 0 N–H and O–H groups in total. The first-order valence-electron chi connectivity index (χ1n) is 8.11. The van der Waals surface area contributed by atoms with Gasteiger partial charge in [-0.05, 0) is 12.1 Å². The first-order chi connectivity index (χ1) is 12.6. The van der Waals surface area contributed by atoms with Crippen molar-refractivity contribution in [2.75, 3.05) is 13.2 Å². The normalized spacial score (nSPS) is 10.8. The Morgan fingerprint density at radius 1 is 1.08 bits per heavy atom. The van der Waals surface area contributed by atoms with Crippen molar-refractivity contribution in [3.63, 3.8) is 0 Å². The van der Waals surface area contributed by atoms with Crippen molar-refractivity contribution in [2.45, 2.75) is 13.7 Å². The lowest BCUT2D eigenvalue weighted by atomic mass is 10.1. The summed E-state index contributed by atoms with van der Waals surface area (Å²) in [6, 6.07) is 16.3. The van der Waals surface area contributed by atoms with E-state index in [4.69, 9.17) is 9.47 Å². The van der Waals surface area contributed by atoms with Gasteiger partial charge >= 0.3 is 11.7 Å². The highest BCUT2D eigenvalue weighted by atomic mass is 16.6. The van der Waals surface area contributed by atoms with Crippen LogP contribution in [0.3, 0.4) is 0 Å². The summed E-state index contributed by atoms with van der Waals surface area (Å²) in [5.41, 5.74) is 1.99. The van der Waals surface area contributed by atoms with Crippen molar-refractivity contribution in [1.82, 2.24) is 4.57 Å². The number of hydrogen-bond acceptors (Lipinski definition) is 5. The fraction of sp³-hybridized carbons (Fsp3) is 0.211. The minimum Gasteiger partial charge on any atom is -0.463 e. The molecule has 7 nitrogen and oxygen atoms in total. The van der Waals surface area contributed by atoms with E-state index in [1.807, 2.05) is 42.5 Å². The van der Waals surface area contributed by atoms with Crippen molar-refractivity contribution in [3.05, 3.63) is 64.7 Å². The average molecular weight is 354 g/mol. The van der Waals surface area contributed by atoms with Gasteiger partial charge in [0.05, 0.1) is 22.4 Å². The quantitative estimate of drug-likeness (QED) is 0.279. The third kappa shape index (κ3) is 3.57. The monoisotopic (exact) mass is 354 g/mol. The maximum atomic E-state index is 11.8. The van der Waals surface area contributed by atoms with Crippen LogP contribution in [0, 0.1) is 10.1 Å². The largest absolute Gasteiger partial charge is 0.463 e. The summed E-state index contributed by atoms with van der Waals surface area (Å²) in [4.78, 5) is 22.2. The molecule has 134 valence electrons. The molecule has 0 saturated carbocycles. The zero-order valence-electron chi connectivity index (χ0n) is 14.3. The van der Waals surface area contributed by atoms with Crippen LogP contribution < -0.4 is 0 Å². The second kappa shape index (κ2) is 7.79. The van der Waals surface area contributed by atoms with E-state index in [1.165, 1.54) is 6.92 Å². The number of ether oxygens (including phenoxy) is 2. The number of aromatic nitrogens is 1. The van der Waals surface area contributed by atoms with Gasteiger partial charge in [0.1, 0.15) is 19.0 Å². The van der Waals surface area contributed by atoms with Crippen LogP contribution in [0.25, 0.3) is 22.2 Å². The zero-order valence-corrected chi connectivity index (χ0v) is 14.3. The molecule has 1 aromatic heterocycles. The second-order valence-corrected chi connectivity index (χ2v) is 5.64. The summed E-state index contributed by atoms with van der Waals surface area (Å²) in [7, 11) is 0. The van der Waals surface area contributed by atoms with Gasteiger partial charge < -0.3 is 14.0 Å². The average Bonchev–Trinajstić information content (AvgIpc) is 2.96. The molecule has 0 bridgehead atoms. The van der Waals surface area contributed by atoms with Crippen molar-refractivity contribution < 1.29 is 19.2 Å². The predicted octanol–water partition coefficient (Wildman–Crippen LogP) is 3.75. The Bertz CT molecular complexity index is 934. The molecular formula is C19H18N2O5. The summed E-state index contributed by atoms with van der Waals surface area (Å²) >= 11 is 0. The number of rotatable bonds is 7. The van der Waals surface area contributed by atoms with Gasteiger partial charge in [-0.2, -0.15) is 0 Å². The maximum absolute atomic E-state index is 11.8. The molecular weight excluding hydrogens is 336 g/mol. The Kier molecular flexibility index (Phi) is 5.28. The van der Waals surface area contributed by atoms with Crippen LogP contribution >= 0.6 is 0 Å². The van der Waals surface area contributed by atoms with Crippen molar-refractivity contribution >= 4 is 22.6 Å². The Balaban J connectivity index is 2.02. The van der Waals surface area contributed by atoms with Gasteiger partial charge in [-0.1, -0.05) is 42.5 Å². The van der Waals surface area contributed by atoms with E-state index in [0.29, 0.717) is 16.6 Å². The Morgan fingerprint density at radius 3 is 2.46 bits per heavy atom. The number of nitro groups is 1. The number of esters is 1. The highest BCUT2D eigenvalue weighted by molar-refractivity contribution is 5.98. The molecule has 26 heavy (non-hydrogen) atoms. The highest BCUT2D eigenvalue weighted by Gasteiger charge is 2.26. The fourth-order valence-corrected chi connectivity index (χ4v) is 2.89. The molecule has 0 aliphatic heterocycles. The van der Waals surface area contributed by atoms with Gasteiger partial charge in [-0.25, -0.2) is 0 Å². The molecule has 2 aromatic carbocycles. The molecule has 0 aliphatic rings. The van der Waals surface area contributed by atoms with Crippen LogP contribution in [-0.4, -0.2) is 28.7 Å². The highest BCUT2D eigenvalue weighted by Crippen LogP contribution is 2.39. The molecule has 0 spiro atoms. The minimum atomic E-state index is -0.374. The van der Waals surface area contributed by atoms with E-state index >= 15 is 0 Å². The van der Waals surface area contributed by atoms with Crippen LogP contribution in [0.2, 0.25) is 0 Å². The van der Waals surface area contributed by atoms with Gasteiger partial charge in [-0.15, -0.1) is 0 Å². The first kappa shape index (κ1) is 17.6. The smallest absolute Gasteiger partial charge is 0.302 e. The van der Waals surface area contributed by atoms with Crippen molar-refractivity contribution in [2.24, 2.45) is 0 Å². The number of nitrogens with zero attached hydrogens (tertiary/aromatic N) is 2. The SMILES string of the molecule is CC(=O)OCCOCn1c(-c2ccccc2)c([N+](=O)[O-])c2ccccc21. The summed E-state index contributed by atoms with van der Waals surface area (Å²) in [6.07, 6.45) is 0. The Hall–Kier alpha value is -3.19. The van der Waals surface area contributed by atoms with Gasteiger partial charge in [0.15, 0.2) is 0 Å². The number of carbonyl (C=O) groups is 1. The van der Waals surface area contributed by atoms with Crippen LogP contribution in [0.4, 0.5) is 5.69 Å². The molecule has 3 aromatic rings. The zero-order chi connectivity index (χ0) is 18.5. The summed E-state index contributed by atoms with van der Waals surface area (Å²) in [5.74, 6) is -0.374. The molecule has 0 aliphatic carbocycles. The lowest BCUT2D eigenvalue weighted by molar-refractivity contribution is -0.382. The Morgan fingerprint density at radius 2 is 1.77 bits per heavy atom. The third-order valence-corrected chi connectivity index (χ3v) is 3.93. The van der Waals surface area contributed by atoms with Crippen molar-refractivity contribution in [3.8, 4) is 11.3 Å². The minimum absolute atomic E-state index is 0.0513. The van der Waals surface area contributed by atoms with E-state index in [2.05, 4.69) is 0 Å². The fourth-order valence-electron chi connectivity index (χ4n) is 2.89. The molecule has 3 rings (SSSR count). The summed E-state index contributed by atoms with van der Waals surface area (Å²) in [5, 5.41) is 12.3. The van der Waals surface area contributed by atoms with Crippen LogP contribution in [0.1, 0.15) is 6.92 Å². The molecule has 0 atom stereocenters. The topological polar surface area (TPSA) is 83.6 Å². The van der Waals surface area contributed by atoms with Crippen LogP contribution in [0.5, 0.6) is 0 Å². The molecule has 0 unspecified atom stereocenters. The number of hydrogen-bond donors (Lipinski definition) is 0. The number of fused-ring (bicyclic) bond motifs is 1. The lowest BCUT2D eigenvalue weighted by Crippen LogP contribution is -2.11. The first-order valence-corrected chi connectivity index (χ1v) is 8.11. The predicted molar refractivity (Wildman–Crippen MR) is 96.6 cm³/mol. The summed E-state index contributed by atoms with van der Waals surface area (Å²) < 4.78 is 12.2. The van der Waals surface area contributed by atoms with Gasteiger partial charge in [0.25, 0.3) is 0 Å². The van der Waals surface area contributed by atoms with E-state index in [0.717, 1.165) is 5.56 Å². The van der Waals surface area contributed by atoms with E-state index in [-0.39, 0.29) is 36.5 Å². The molecule has 0 radical (unpaired) electrons. The van der Waals surface area contributed by atoms with E-state index < -0.39 is 0 Å². The van der Waals surface area contributed by atoms with E-state index in [9.17, 15) is 14.9 Å². The van der Waals surface area contributed by atoms with Crippen LogP contribution in [0.15, 0.2) is 54.6 Å². The Labute approximate surface area is 149 Å². The van der Waals surface area contributed by atoms with Gasteiger partial charge in [0, 0.05) is 12.5 Å². The number of para-hydroxylation sites is 1. The second-order valence-electron chi connectivity index (χ2n) is 5.64. The molecule has 0 fully saturated rings. The number of carbonyl (C=O) groups excluding carboxylic acids is 1. The standard InChI is InChI=1S/C19H18N2O5/c1-14(22)26-12-11-25-13-20-17-10-6-5-9-16(17)19(21(23)24)18(20)15-7-3-2-4-8-15/h2-10H,11-13H2,1H3. The molecule has 0 amide bonds. The molecule has 0 saturated heterocycles. The van der Waals surface area contributed by atoms with Gasteiger partial charge in [-0.3, -0.25) is 14.9 Å². The molecule has 1 heterocycles. The summed E-state index contributed by atoms with van der Waals surface area (Å²) in [6.45, 7) is 1.78. The number of benzene rings is 2. The molecule has 7 heteroatoms. The third-order valence-electron chi connectivity index (χ3n) is 3.93. The maximum Gasteiger partial charge on any atom is 0.302 e. The van der Waals surface area contributed by atoms with Crippen molar-refractivity contribution in [1.29, 1.82) is 0 Å². The van der Waals surface area contributed by atoms with Gasteiger partial charge in [0.2, 0.25) is 0 Å². The van der Waals surface area contributed by atoms with E-state index in [1.54, 1.807) is 16.7 Å².